The Morgan fingerprint density at radius 1 is 1.04 bits per heavy atom. The van der Waals surface area contributed by atoms with E-state index in [1.165, 1.54) is 6.42 Å². The van der Waals surface area contributed by atoms with Crippen LogP contribution in [0, 0.1) is 0 Å². The summed E-state index contributed by atoms with van der Waals surface area (Å²) >= 11 is 0. The highest BCUT2D eigenvalue weighted by molar-refractivity contribution is 5.78. The summed E-state index contributed by atoms with van der Waals surface area (Å²) in [5.74, 6) is 0.548. The second kappa shape index (κ2) is 9.53. The fourth-order valence-corrected chi connectivity index (χ4v) is 4.29. The zero-order chi connectivity index (χ0) is 17.5. The van der Waals surface area contributed by atoms with Crippen LogP contribution >= 0.6 is 0 Å². The van der Waals surface area contributed by atoms with Crippen LogP contribution in [0.15, 0.2) is 0 Å². The maximum Gasteiger partial charge on any atom is 0.222 e. The number of morpholine rings is 1. The average Bonchev–Trinajstić information content (AvgIpc) is 3.06. The van der Waals surface area contributed by atoms with Crippen LogP contribution < -0.4 is 0 Å². The normalized spacial score (nSPS) is 25.6. The molecular formula is C19H33N3O3. The minimum absolute atomic E-state index is 0.258. The number of likely N-dealkylation sites (tertiary alicyclic amines) is 2. The lowest BCUT2D eigenvalue weighted by Crippen LogP contribution is -2.46. The molecule has 0 N–H and O–H groups in total. The van der Waals surface area contributed by atoms with Gasteiger partial charge in [-0.05, 0) is 38.5 Å². The number of piperidine rings is 1. The van der Waals surface area contributed by atoms with E-state index >= 15 is 0 Å². The SMILES string of the molecule is O=C1CCCN1CCCC(=O)N1CCCCC1CCN1CCOCC1. The van der Waals surface area contributed by atoms with Crippen molar-refractivity contribution in [2.45, 2.75) is 57.4 Å². The number of nitrogens with zero attached hydrogens (tertiary/aromatic N) is 3. The Balaban J connectivity index is 1.41. The topological polar surface area (TPSA) is 53.1 Å². The zero-order valence-corrected chi connectivity index (χ0v) is 15.5. The van der Waals surface area contributed by atoms with E-state index in [4.69, 9.17) is 4.74 Å². The number of carbonyl (C=O) groups excluding carboxylic acids is 2. The first kappa shape index (κ1) is 18.6. The lowest BCUT2D eigenvalue weighted by atomic mass is 9.98. The summed E-state index contributed by atoms with van der Waals surface area (Å²) in [5, 5.41) is 0. The molecule has 0 spiro atoms. The van der Waals surface area contributed by atoms with Gasteiger partial charge in [-0.25, -0.2) is 0 Å². The lowest BCUT2D eigenvalue weighted by molar-refractivity contribution is -0.136. The molecular weight excluding hydrogens is 318 g/mol. The summed E-state index contributed by atoms with van der Waals surface area (Å²) in [7, 11) is 0. The van der Waals surface area contributed by atoms with Crippen molar-refractivity contribution in [3.63, 3.8) is 0 Å². The Labute approximate surface area is 151 Å². The number of rotatable bonds is 7. The number of hydrogen-bond acceptors (Lipinski definition) is 4. The first-order valence-electron chi connectivity index (χ1n) is 10.1. The van der Waals surface area contributed by atoms with Gasteiger partial charge in [0.2, 0.25) is 11.8 Å². The lowest BCUT2D eigenvalue weighted by Gasteiger charge is -2.37. The third kappa shape index (κ3) is 5.42. The molecule has 3 rings (SSSR count). The van der Waals surface area contributed by atoms with Crippen molar-refractivity contribution in [1.82, 2.24) is 14.7 Å². The van der Waals surface area contributed by atoms with Crippen molar-refractivity contribution >= 4 is 11.8 Å². The largest absolute Gasteiger partial charge is 0.379 e. The summed E-state index contributed by atoms with van der Waals surface area (Å²) in [4.78, 5) is 30.9. The van der Waals surface area contributed by atoms with Crippen LogP contribution in [-0.4, -0.2) is 85.0 Å². The van der Waals surface area contributed by atoms with Crippen LogP contribution in [0.5, 0.6) is 0 Å². The fourth-order valence-electron chi connectivity index (χ4n) is 4.29. The smallest absolute Gasteiger partial charge is 0.222 e. The third-order valence-corrected chi connectivity index (χ3v) is 5.82. The van der Waals surface area contributed by atoms with Crippen molar-refractivity contribution in [3.8, 4) is 0 Å². The molecule has 6 heteroatoms. The molecule has 3 saturated heterocycles. The maximum absolute atomic E-state index is 12.7. The summed E-state index contributed by atoms with van der Waals surface area (Å²) in [5.41, 5.74) is 0. The second-order valence-electron chi connectivity index (χ2n) is 7.57. The molecule has 1 atom stereocenters. The Morgan fingerprint density at radius 3 is 2.64 bits per heavy atom. The first-order chi connectivity index (χ1) is 12.2. The summed E-state index contributed by atoms with van der Waals surface area (Å²) < 4.78 is 5.41. The highest BCUT2D eigenvalue weighted by Crippen LogP contribution is 2.22. The van der Waals surface area contributed by atoms with Crippen molar-refractivity contribution < 1.29 is 14.3 Å². The van der Waals surface area contributed by atoms with E-state index in [2.05, 4.69) is 9.80 Å². The predicted octanol–water partition coefficient (Wildman–Crippen LogP) is 1.49. The van der Waals surface area contributed by atoms with Crippen molar-refractivity contribution in [3.05, 3.63) is 0 Å². The van der Waals surface area contributed by atoms with Gasteiger partial charge in [0.25, 0.3) is 0 Å². The van der Waals surface area contributed by atoms with Crippen molar-refractivity contribution in [2.75, 3.05) is 52.5 Å². The van der Waals surface area contributed by atoms with E-state index in [1.54, 1.807) is 0 Å². The van der Waals surface area contributed by atoms with Crippen molar-refractivity contribution in [2.24, 2.45) is 0 Å². The highest BCUT2D eigenvalue weighted by atomic mass is 16.5. The third-order valence-electron chi connectivity index (χ3n) is 5.82. The molecule has 0 aromatic carbocycles. The first-order valence-corrected chi connectivity index (χ1v) is 10.1. The van der Waals surface area contributed by atoms with E-state index < -0.39 is 0 Å². The predicted molar refractivity (Wildman–Crippen MR) is 96.3 cm³/mol. The molecule has 2 amide bonds. The zero-order valence-electron chi connectivity index (χ0n) is 15.5. The maximum atomic E-state index is 12.7. The van der Waals surface area contributed by atoms with Gasteiger partial charge in [-0.3, -0.25) is 14.5 Å². The molecule has 3 aliphatic heterocycles. The monoisotopic (exact) mass is 351 g/mol. The van der Waals surface area contributed by atoms with Gasteiger partial charge in [0.05, 0.1) is 13.2 Å². The molecule has 6 nitrogen and oxygen atoms in total. The van der Waals surface area contributed by atoms with Gasteiger partial charge < -0.3 is 14.5 Å². The van der Waals surface area contributed by atoms with Crippen LogP contribution in [0.25, 0.3) is 0 Å². The molecule has 0 radical (unpaired) electrons. The number of ether oxygens (including phenoxy) is 1. The molecule has 3 fully saturated rings. The standard InChI is InChI=1S/C19H33N3O3/c23-18-6-3-9-21(18)10-4-7-19(24)22-11-2-1-5-17(22)8-12-20-13-15-25-16-14-20/h17H,1-16H2. The summed E-state index contributed by atoms with van der Waals surface area (Å²) in [6.07, 6.45) is 7.63. The minimum Gasteiger partial charge on any atom is -0.379 e. The highest BCUT2D eigenvalue weighted by Gasteiger charge is 2.27. The van der Waals surface area contributed by atoms with Gasteiger partial charge in [-0.15, -0.1) is 0 Å². The van der Waals surface area contributed by atoms with Crippen LogP contribution in [0.4, 0.5) is 0 Å². The number of amides is 2. The number of hydrogen-bond donors (Lipinski definition) is 0. The Kier molecular flexibility index (Phi) is 7.11. The van der Waals surface area contributed by atoms with Crippen LogP contribution in [0.2, 0.25) is 0 Å². The molecule has 0 bridgehead atoms. The average molecular weight is 351 g/mol. The van der Waals surface area contributed by atoms with Gasteiger partial charge in [-0.1, -0.05) is 0 Å². The minimum atomic E-state index is 0.258. The molecule has 0 saturated carbocycles. The number of carbonyl (C=O) groups is 2. The molecule has 3 heterocycles. The molecule has 3 aliphatic rings. The Hall–Kier alpha value is -1.14. The molecule has 142 valence electrons. The molecule has 0 aromatic heterocycles. The van der Waals surface area contributed by atoms with Gasteiger partial charge in [0.1, 0.15) is 0 Å². The molecule has 0 aliphatic carbocycles. The van der Waals surface area contributed by atoms with E-state index in [1.807, 2.05) is 4.90 Å². The van der Waals surface area contributed by atoms with Crippen LogP contribution in [0.1, 0.15) is 51.4 Å². The summed E-state index contributed by atoms with van der Waals surface area (Å²) in [6, 6.07) is 0.400. The second-order valence-corrected chi connectivity index (χ2v) is 7.57. The molecule has 1 unspecified atom stereocenters. The van der Waals surface area contributed by atoms with Gasteiger partial charge in [0.15, 0.2) is 0 Å². The molecule has 25 heavy (non-hydrogen) atoms. The van der Waals surface area contributed by atoms with E-state index in [9.17, 15) is 9.59 Å². The van der Waals surface area contributed by atoms with E-state index in [0.717, 1.165) is 84.6 Å². The van der Waals surface area contributed by atoms with Gasteiger partial charge >= 0.3 is 0 Å². The van der Waals surface area contributed by atoms with Gasteiger partial charge in [-0.2, -0.15) is 0 Å². The summed E-state index contributed by atoms with van der Waals surface area (Å²) in [6.45, 7) is 7.31. The van der Waals surface area contributed by atoms with E-state index in [0.29, 0.717) is 24.8 Å². The van der Waals surface area contributed by atoms with Crippen LogP contribution in [-0.2, 0) is 14.3 Å². The Bertz CT molecular complexity index is 451. The quantitative estimate of drug-likeness (QED) is 0.697. The van der Waals surface area contributed by atoms with Crippen LogP contribution in [0.3, 0.4) is 0 Å². The fraction of sp³-hybridized carbons (Fsp3) is 0.895. The van der Waals surface area contributed by atoms with Gasteiger partial charge in [0, 0.05) is 58.2 Å². The van der Waals surface area contributed by atoms with E-state index in [-0.39, 0.29) is 5.91 Å². The van der Waals surface area contributed by atoms with Crippen molar-refractivity contribution in [1.29, 1.82) is 0 Å². The Morgan fingerprint density at radius 2 is 1.88 bits per heavy atom. The molecule has 0 aromatic rings.